The van der Waals surface area contributed by atoms with Crippen LogP contribution in [0.25, 0.3) is 0 Å². The Kier molecular flexibility index (Phi) is 7.33. The van der Waals surface area contributed by atoms with Gasteiger partial charge in [-0.2, -0.15) is 0 Å². The smallest absolute Gasteiger partial charge is 0.314 e. The van der Waals surface area contributed by atoms with Crippen molar-refractivity contribution >= 4 is 23.8 Å². The summed E-state index contributed by atoms with van der Waals surface area (Å²) in [6.45, 7) is 1.77. The minimum atomic E-state index is -0.524. The first kappa shape index (κ1) is 23.0. The van der Waals surface area contributed by atoms with Crippen LogP contribution in [0.5, 0.6) is 0 Å². The molecule has 4 rings (SSSR count). The average molecular weight is 449 g/mol. The third-order valence-corrected chi connectivity index (χ3v) is 7.94. The lowest BCUT2D eigenvalue weighted by Gasteiger charge is -2.31. The molecule has 2 aliphatic heterocycles. The Morgan fingerprint density at radius 2 is 1.84 bits per heavy atom. The van der Waals surface area contributed by atoms with Gasteiger partial charge in [0.25, 0.3) is 0 Å². The van der Waals surface area contributed by atoms with Crippen molar-refractivity contribution in [2.45, 2.75) is 69.9 Å². The highest BCUT2D eigenvalue weighted by Crippen LogP contribution is 2.41. The third-order valence-electron chi connectivity index (χ3n) is 7.94. The maximum absolute atomic E-state index is 13.0. The number of likely N-dealkylation sites (tertiary alicyclic amines) is 1. The van der Waals surface area contributed by atoms with E-state index in [1.54, 1.807) is 12.0 Å². The van der Waals surface area contributed by atoms with Gasteiger partial charge in [0.1, 0.15) is 6.04 Å². The first-order valence-corrected chi connectivity index (χ1v) is 12.1. The number of ether oxygens (including phenoxy) is 1. The molecule has 4 fully saturated rings. The molecule has 0 bridgehead atoms. The molecule has 6 atom stereocenters. The lowest BCUT2D eigenvalue weighted by atomic mass is 9.75. The van der Waals surface area contributed by atoms with E-state index in [0.29, 0.717) is 32.0 Å². The summed E-state index contributed by atoms with van der Waals surface area (Å²) in [6, 6.07) is -0.681. The molecule has 5 amide bonds. The first-order valence-electron chi connectivity index (χ1n) is 12.1. The number of fused-ring (bicyclic) bond motifs is 1. The molecule has 2 saturated heterocycles. The number of methoxy groups -OCH3 is 1. The van der Waals surface area contributed by atoms with Gasteiger partial charge in [0.15, 0.2) is 0 Å². The second-order valence-electron chi connectivity index (χ2n) is 9.91. The van der Waals surface area contributed by atoms with Crippen LogP contribution in [-0.2, 0) is 19.1 Å². The average Bonchev–Trinajstić information content (AvgIpc) is 3.12. The number of nitrogens with zero attached hydrogens (tertiary/aromatic N) is 1. The maximum Gasteiger partial charge on any atom is 0.314 e. The minimum absolute atomic E-state index is 0.0292. The third kappa shape index (κ3) is 5.08. The van der Waals surface area contributed by atoms with Gasteiger partial charge in [-0.1, -0.05) is 12.8 Å². The van der Waals surface area contributed by atoms with E-state index in [1.807, 2.05) is 0 Å². The van der Waals surface area contributed by atoms with Crippen molar-refractivity contribution in [1.29, 1.82) is 0 Å². The van der Waals surface area contributed by atoms with Crippen molar-refractivity contribution < 1.29 is 23.9 Å². The number of rotatable bonds is 6. The maximum atomic E-state index is 13.0. The Balaban J connectivity index is 1.22. The summed E-state index contributed by atoms with van der Waals surface area (Å²) in [5.41, 5.74) is 0. The normalized spacial score (nSPS) is 35.3. The molecule has 0 aromatic heterocycles. The Morgan fingerprint density at radius 1 is 1.06 bits per heavy atom. The van der Waals surface area contributed by atoms with Crippen LogP contribution in [0.1, 0.15) is 57.8 Å². The van der Waals surface area contributed by atoms with E-state index in [-0.39, 0.29) is 54.0 Å². The molecular formula is C23H36N4O5. The van der Waals surface area contributed by atoms with Crippen LogP contribution in [0.2, 0.25) is 0 Å². The molecule has 3 N–H and O–H groups in total. The molecule has 2 saturated carbocycles. The predicted octanol–water partition coefficient (Wildman–Crippen LogP) is 1.17. The topological polar surface area (TPSA) is 117 Å². The minimum Gasteiger partial charge on any atom is -0.381 e. The predicted molar refractivity (Wildman–Crippen MR) is 116 cm³/mol. The van der Waals surface area contributed by atoms with Crippen LogP contribution in [0, 0.1) is 23.7 Å². The Hall–Kier alpha value is -2.16. The summed E-state index contributed by atoms with van der Waals surface area (Å²) in [5, 5.41) is 8.34. The van der Waals surface area contributed by atoms with Crippen molar-refractivity contribution in [3.63, 3.8) is 0 Å². The zero-order chi connectivity index (χ0) is 22.7. The summed E-state index contributed by atoms with van der Waals surface area (Å²) < 4.78 is 5.56. The van der Waals surface area contributed by atoms with E-state index >= 15 is 0 Å². The molecule has 0 aromatic rings. The van der Waals surface area contributed by atoms with Crippen LogP contribution in [0.15, 0.2) is 0 Å². The number of carbonyl (C=O) groups is 4. The molecule has 9 nitrogen and oxygen atoms in total. The van der Waals surface area contributed by atoms with Gasteiger partial charge >= 0.3 is 6.03 Å². The second kappa shape index (κ2) is 10.2. The number of hydrogen-bond acceptors (Lipinski definition) is 5. The van der Waals surface area contributed by atoms with E-state index in [4.69, 9.17) is 4.74 Å². The van der Waals surface area contributed by atoms with Crippen LogP contribution in [-0.4, -0.2) is 67.5 Å². The van der Waals surface area contributed by atoms with Gasteiger partial charge in [-0.15, -0.1) is 0 Å². The number of imide groups is 1. The molecule has 9 heteroatoms. The Morgan fingerprint density at radius 3 is 2.62 bits per heavy atom. The molecule has 6 unspecified atom stereocenters. The summed E-state index contributed by atoms with van der Waals surface area (Å²) in [6.07, 6.45) is 8.04. The molecule has 0 radical (unpaired) electrons. The van der Waals surface area contributed by atoms with E-state index in [1.165, 1.54) is 12.8 Å². The largest absolute Gasteiger partial charge is 0.381 e. The lowest BCUT2D eigenvalue weighted by molar-refractivity contribution is -0.145. The Labute approximate surface area is 189 Å². The number of amides is 5. The first-order chi connectivity index (χ1) is 15.5. The number of piperidine rings is 1. The van der Waals surface area contributed by atoms with Gasteiger partial charge < -0.3 is 20.3 Å². The van der Waals surface area contributed by atoms with E-state index in [2.05, 4.69) is 16.0 Å². The van der Waals surface area contributed by atoms with Gasteiger partial charge in [-0.25, -0.2) is 4.79 Å². The van der Waals surface area contributed by atoms with Crippen LogP contribution in [0.3, 0.4) is 0 Å². The lowest BCUT2D eigenvalue weighted by Crippen LogP contribution is -2.53. The van der Waals surface area contributed by atoms with Gasteiger partial charge in [0.05, 0.1) is 6.10 Å². The summed E-state index contributed by atoms with van der Waals surface area (Å²) >= 11 is 0. The van der Waals surface area contributed by atoms with Crippen LogP contribution in [0.4, 0.5) is 4.79 Å². The molecule has 0 aromatic carbocycles. The zero-order valence-electron chi connectivity index (χ0n) is 18.9. The van der Waals surface area contributed by atoms with Crippen LogP contribution < -0.4 is 16.0 Å². The van der Waals surface area contributed by atoms with Crippen molar-refractivity contribution in [3.8, 4) is 0 Å². The standard InChI is InChI=1S/C23H36N4O5/c1-32-19-5-3-2-4-15(19)12-25-23(31)24-11-14-6-7-16-13-27(22(30)17(16)10-14)18-8-9-20(28)26-21(18)29/h14-19H,2-13H2,1H3,(H2,24,25,31)(H,26,28,29). The zero-order valence-corrected chi connectivity index (χ0v) is 18.9. The second-order valence-corrected chi connectivity index (χ2v) is 9.91. The highest BCUT2D eigenvalue weighted by molar-refractivity contribution is 6.02. The molecule has 32 heavy (non-hydrogen) atoms. The van der Waals surface area contributed by atoms with Gasteiger partial charge in [-0.3, -0.25) is 19.7 Å². The fraction of sp³-hybridized carbons (Fsp3) is 0.826. The van der Waals surface area contributed by atoms with Crippen molar-refractivity contribution in [2.75, 3.05) is 26.7 Å². The van der Waals surface area contributed by atoms with Crippen molar-refractivity contribution in [3.05, 3.63) is 0 Å². The van der Waals surface area contributed by atoms with E-state index < -0.39 is 6.04 Å². The Bertz CT molecular complexity index is 744. The summed E-state index contributed by atoms with van der Waals surface area (Å²) in [5.74, 6) is 0.210. The van der Waals surface area contributed by atoms with E-state index in [9.17, 15) is 19.2 Å². The highest BCUT2D eigenvalue weighted by atomic mass is 16.5. The number of urea groups is 1. The van der Waals surface area contributed by atoms with E-state index in [0.717, 1.165) is 32.1 Å². The molecule has 0 spiro atoms. The number of nitrogens with one attached hydrogen (secondary N) is 3. The highest BCUT2D eigenvalue weighted by Gasteiger charge is 2.48. The number of hydrogen-bond donors (Lipinski definition) is 3. The molecule has 2 aliphatic carbocycles. The van der Waals surface area contributed by atoms with Gasteiger partial charge in [0, 0.05) is 45.0 Å². The monoisotopic (exact) mass is 448 g/mol. The van der Waals surface area contributed by atoms with Crippen molar-refractivity contribution in [1.82, 2.24) is 20.9 Å². The summed E-state index contributed by atoms with van der Waals surface area (Å²) in [4.78, 5) is 50.7. The van der Waals surface area contributed by atoms with Gasteiger partial charge in [0.2, 0.25) is 17.7 Å². The fourth-order valence-electron chi connectivity index (χ4n) is 6.08. The fourth-order valence-corrected chi connectivity index (χ4v) is 6.08. The number of carbonyl (C=O) groups excluding carboxylic acids is 4. The summed E-state index contributed by atoms with van der Waals surface area (Å²) in [7, 11) is 1.74. The van der Waals surface area contributed by atoms with Gasteiger partial charge in [-0.05, 0) is 50.4 Å². The molecule has 2 heterocycles. The molecule has 178 valence electrons. The SMILES string of the molecule is COC1CCCCC1CNC(=O)NCC1CCC2CN(C3CCC(=O)NC3=O)C(=O)C2C1. The quantitative estimate of drug-likeness (QED) is 0.528. The van der Waals surface area contributed by atoms with Crippen LogP contribution >= 0.6 is 0 Å². The molecule has 4 aliphatic rings. The van der Waals surface area contributed by atoms with Crippen molar-refractivity contribution in [2.24, 2.45) is 23.7 Å². The molecular weight excluding hydrogens is 412 g/mol.